The van der Waals surface area contributed by atoms with Crippen LogP contribution in [0.3, 0.4) is 0 Å². The maximum Gasteiger partial charge on any atom is 0.419 e. The van der Waals surface area contributed by atoms with E-state index in [-0.39, 0.29) is 100 Å². The summed E-state index contributed by atoms with van der Waals surface area (Å²) in [5, 5.41) is 46.9. The molecule has 6 atom stereocenters. The molecule has 14 N–H and O–H groups in total. The van der Waals surface area contributed by atoms with Crippen LogP contribution in [0.25, 0.3) is 0 Å². The fourth-order valence-electron chi connectivity index (χ4n) is 6.34. The Morgan fingerprint density at radius 1 is 0.333 bits per heavy atom. The van der Waals surface area contributed by atoms with E-state index in [1.165, 1.54) is 0 Å². The maximum absolute atomic E-state index is 10.7. The lowest BCUT2D eigenvalue weighted by Gasteiger charge is -1.97. The molecule has 4 aromatic rings. The Morgan fingerprint density at radius 2 is 0.600 bits per heavy atom. The third-order valence-corrected chi connectivity index (χ3v) is 16.4. The number of thioether (sulfide) groups is 3. The van der Waals surface area contributed by atoms with E-state index in [1.54, 1.807) is 34.6 Å². The van der Waals surface area contributed by atoms with Crippen molar-refractivity contribution in [1.29, 1.82) is 0 Å². The lowest BCUT2D eigenvalue weighted by Crippen LogP contribution is -2.23. The molecule has 0 aliphatic carbocycles. The maximum atomic E-state index is 10.7. The monoisotopic (exact) mass is 1370 g/mol. The predicted octanol–water partition coefficient (Wildman–Crippen LogP) is 4.22. The minimum atomic E-state index is -0.633. The Balaban J connectivity index is 0.000000500. The molecular formula is C50H70N10O25S5. The molecule has 4 aromatic heterocycles. The summed E-state index contributed by atoms with van der Waals surface area (Å²) < 4.78 is 22.6. The number of cyclic esters (lactones) is 3. The first-order chi connectivity index (χ1) is 42.4. The van der Waals surface area contributed by atoms with Gasteiger partial charge < -0.3 is 43.5 Å². The van der Waals surface area contributed by atoms with Gasteiger partial charge in [-0.2, -0.15) is 0 Å². The molecule has 0 bridgehead atoms. The fourth-order valence-corrected chi connectivity index (χ4v) is 9.92. The molecular weight excluding hydrogens is 1300 g/mol. The number of H-pyrrole nitrogens is 4. The minimum absolute atomic E-state index is 0.0208. The van der Waals surface area contributed by atoms with E-state index in [0.29, 0.717) is 56.5 Å². The van der Waals surface area contributed by atoms with Crippen LogP contribution >= 0.6 is 58.0 Å². The number of aromatic nitrogens is 4. The van der Waals surface area contributed by atoms with Crippen molar-refractivity contribution in [2.75, 3.05) is 0 Å². The van der Waals surface area contributed by atoms with E-state index >= 15 is 0 Å². The summed E-state index contributed by atoms with van der Waals surface area (Å²) >= 11 is 5.33. The van der Waals surface area contributed by atoms with Crippen molar-refractivity contribution in [2.45, 2.75) is 168 Å². The lowest BCUT2D eigenvalue weighted by atomic mass is 10.3. The summed E-state index contributed by atoms with van der Waals surface area (Å²) in [6.45, 7) is 18.3. The van der Waals surface area contributed by atoms with Gasteiger partial charge in [-0.3, -0.25) is 105 Å². The number of rotatable bonds is 10. The van der Waals surface area contributed by atoms with Crippen molar-refractivity contribution in [3.63, 3.8) is 0 Å². The number of oxazole rings is 2. The topological polar surface area (TPSA) is 543 Å². The van der Waals surface area contributed by atoms with Gasteiger partial charge in [-0.05, 0) is 51.4 Å². The molecule has 6 saturated heterocycles. The summed E-state index contributed by atoms with van der Waals surface area (Å²) in [6.07, 6.45) is 2.66. The van der Waals surface area contributed by atoms with Gasteiger partial charge in [0.25, 0.3) is 33.4 Å². The van der Waals surface area contributed by atoms with Gasteiger partial charge in [-0.15, -0.1) is 0 Å². The summed E-state index contributed by atoms with van der Waals surface area (Å²) in [5.74, 6) is -2.32. The number of carbonyl (C=O) groups excluding carboxylic acids is 12. The van der Waals surface area contributed by atoms with Crippen LogP contribution in [0.5, 0.6) is 23.5 Å². The molecule has 12 amide bonds. The van der Waals surface area contributed by atoms with Gasteiger partial charge in [0.2, 0.25) is 41.2 Å². The first-order valence-corrected chi connectivity index (χ1v) is 31.4. The van der Waals surface area contributed by atoms with Crippen LogP contribution in [0.15, 0.2) is 28.0 Å². The quantitative estimate of drug-likeness (QED) is 0.0988. The molecule has 6 unspecified atom stereocenters. The number of alkyl carbamates (subject to hydrolysis) is 3. The standard InChI is InChI=1S/5C5H7NO3.5C5H7NO2S/c10*1-2-3-4(7)6-5(8)9-3/h2*7H,2H2,1H3,(H,6,8);3*3H,2H2,1H3,(H,6,7,8);2*7H,2H2,1H3,(H,6,8);3*3H,2H2,1H3,(H,6,7,8). The van der Waals surface area contributed by atoms with Gasteiger partial charge in [0.15, 0.2) is 29.8 Å². The van der Waals surface area contributed by atoms with Gasteiger partial charge in [-0.25, -0.2) is 24.0 Å². The molecule has 6 fully saturated rings. The number of carbonyl (C=O) groups is 12. The zero-order chi connectivity index (χ0) is 68.5. The van der Waals surface area contributed by atoms with Gasteiger partial charge in [0, 0.05) is 12.8 Å². The van der Waals surface area contributed by atoms with Crippen LogP contribution in [0.2, 0.25) is 0 Å². The molecule has 0 radical (unpaired) electrons. The summed E-state index contributed by atoms with van der Waals surface area (Å²) in [5.41, 5.74) is 0. The zero-order valence-corrected chi connectivity index (χ0v) is 54.0. The van der Waals surface area contributed by atoms with E-state index in [0.717, 1.165) is 87.0 Å². The molecule has 10 heterocycles. The number of hydrogen-bond acceptors (Lipinski definition) is 30. The molecule has 10 rings (SSSR count). The van der Waals surface area contributed by atoms with E-state index in [9.17, 15) is 76.7 Å². The number of imide groups is 6. The highest BCUT2D eigenvalue weighted by Crippen LogP contribution is 2.23. The number of nitrogens with one attached hydrogen (secondary N) is 10. The fraction of sp³-hybridized carbons (Fsp3) is 0.520. The smallest absolute Gasteiger partial charge is 0.419 e. The number of hydrogen-bond donors (Lipinski definition) is 14. The number of amides is 12. The largest absolute Gasteiger partial charge is 0.494 e. The molecule has 90 heavy (non-hydrogen) atoms. The third kappa shape index (κ3) is 28.2. The van der Waals surface area contributed by atoms with Gasteiger partial charge in [0.1, 0.15) is 0 Å². The number of aromatic amines is 4. The first kappa shape index (κ1) is 79.4. The molecule has 35 nitrogen and oxygen atoms in total. The second kappa shape index (κ2) is 40.8. The number of aryl methyl sites for hydroxylation is 4. The zero-order valence-electron chi connectivity index (χ0n) is 49.9. The average Bonchev–Trinajstić information content (AvgIpc) is 4.64. The SMILES string of the molecule is CCC1OC(=O)NC1=O.CCC1OC(=O)NC1=O.CCC1OC(=O)NC1=O.CCC1SC(=O)NC1=O.CCC1SC(=O)NC1=O.CCC1SC(=O)NC1=O.CCc1oc(=O)[nH]c1O.CCc1oc(=O)[nH]c1O.CCc1sc(=O)[nH]c1O.CCc1sc(=O)[nH]c1O. The molecule has 40 heteroatoms. The average molecular weight is 1370 g/mol. The molecule has 0 spiro atoms. The number of aromatic hydroxyl groups is 4. The van der Waals surface area contributed by atoms with Crippen molar-refractivity contribution < 1.29 is 101 Å². The Labute approximate surface area is 530 Å². The summed E-state index contributed by atoms with van der Waals surface area (Å²) in [6, 6.07) is 0. The Bertz CT molecular complexity index is 2860. The van der Waals surface area contributed by atoms with Crippen molar-refractivity contribution in [1.82, 2.24) is 51.8 Å². The van der Waals surface area contributed by atoms with Crippen molar-refractivity contribution >= 4 is 127 Å². The van der Waals surface area contributed by atoms with Gasteiger partial charge in [0.05, 0.1) is 25.5 Å². The highest BCUT2D eigenvalue weighted by molar-refractivity contribution is 8.15. The Morgan fingerprint density at radius 3 is 0.689 bits per heavy atom. The van der Waals surface area contributed by atoms with Crippen molar-refractivity contribution in [3.8, 4) is 23.5 Å². The molecule has 6 aliphatic heterocycles. The molecule has 0 aromatic carbocycles. The van der Waals surface area contributed by atoms with Crippen molar-refractivity contribution in [3.05, 3.63) is 61.7 Å². The van der Waals surface area contributed by atoms with Crippen LogP contribution < -0.4 is 53.2 Å². The van der Waals surface area contributed by atoms with E-state index in [1.807, 2.05) is 50.6 Å². The minimum Gasteiger partial charge on any atom is -0.494 e. The third-order valence-electron chi connectivity index (χ3n) is 10.9. The second-order valence-electron chi connectivity index (χ2n) is 17.3. The normalized spacial score (nSPS) is 19.6. The van der Waals surface area contributed by atoms with Crippen LogP contribution in [-0.4, -0.2) is 144 Å². The summed E-state index contributed by atoms with van der Waals surface area (Å²) in [7, 11) is 0. The van der Waals surface area contributed by atoms with Crippen LogP contribution in [-0.2, 0) is 68.7 Å². The summed E-state index contributed by atoms with van der Waals surface area (Å²) in [4.78, 5) is 177. The number of thiazole rings is 2. The Hall–Kier alpha value is -8.63. The Kier molecular flexibility index (Phi) is 36.0. The molecule has 6 aliphatic rings. The van der Waals surface area contributed by atoms with Crippen LogP contribution in [0.4, 0.5) is 28.8 Å². The van der Waals surface area contributed by atoms with Crippen molar-refractivity contribution in [2.24, 2.45) is 0 Å². The van der Waals surface area contributed by atoms with Gasteiger partial charge in [-0.1, -0.05) is 127 Å². The predicted molar refractivity (Wildman–Crippen MR) is 324 cm³/mol. The van der Waals surface area contributed by atoms with Gasteiger partial charge >= 0.3 is 39.5 Å². The number of ether oxygens (including phenoxy) is 3. The second-order valence-corrected chi connectivity index (χ2v) is 23.0. The first-order valence-electron chi connectivity index (χ1n) is 27.1. The highest BCUT2D eigenvalue weighted by Gasteiger charge is 2.33. The molecule has 500 valence electrons. The van der Waals surface area contributed by atoms with Crippen LogP contribution in [0, 0.1) is 0 Å². The van der Waals surface area contributed by atoms with Crippen LogP contribution in [0.1, 0.15) is 129 Å². The van der Waals surface area contributed by atoms with E-state index < -0.39 is 48.1 Å². The lowest BCUT2D eigenvalue weighted by molar-refractivity contribution is -0.124. The molecule has 0 saturated carbocycles. The van der Waals surface area contributed by atoms with E-state index in [4.69, 9.17) is 20.4 Å². The highest BCUT2D eigenvalue weighted by atomic mass is 32.2. The van der Waals surface area contributed by atoms with E-state index in [2.05, 4.69) is 58.9 Å².